The van der Waals surface area contributed by atoms with Crippen LogP contribution in [0.1, 0.15) is 33.1 Å². The minimum atomic E-state index is -0.898. The van der Waals surface area contributed by atoms with Crippen molar-refractivity contribution in [2.24, 2.45) is 0 Å². The molecule has 1 saturated heterocycles. The number of fused-ring (bicyclic) bond motifs is 1. The molecule has 1 N–H and O–H groups in total. The molecular weight excluding hydrogens is 464 g/mol. The van der Waals surface area contributed by atoms with Crippen molar-refractivity contribution in [3.63, 3.8) is 0 Å². The molecule has 3 aromatic rings. The van der Waals surface area contributed by atoms with Gasteiger partial charge in [-0.05, 0) is 47.5 Å². The monoisotopic (exact) mass is 486 g/mol. The quantitative estimate of drug-likeness (QED) is 0.253. The number of ether oxygens (including phenoxy) is 3. The minimum Gasteiger partial charge on any atom is -0.507 e. The molecule has 0 bridgehead atoms. The highest BCUT2D eigenvalue weighted by Gasteiger charge is 2.46. The third-order valence-corrected chi connectivity index (χ3v) is 6.08. The number of hydrogen-bond donors (Lipinski definition) is 1. The molecule has 5 rings (SSSR count). The van der Waals surface area contributed by atoms with E-state index in [9.17, 15) is 19.5 Å². The van der Waals surface area contributed by atoms with E-state index < -0.39 is 23.7 Å². The van der Waals surface area contributed by atoms with Crippen molar-refractivity contribution in [2.75, 3.05) is 20.3 Å². The van der Waals surface area contributed by atoms with Gasteiger partial charge in [0.25, 0.3) is 11.7 Å². The molecule has 9 heteroatoms. The molecule has 0 aliphatic carbocycles. The number of hydrogen-bond acceptors (Lipinski definition) is 8. The lowest BCUT2D eigenvalue weighted by Crippen LogP contribution is -2.29. The van der Waals surface area contributed by atoms with E-state index in [0.717, 1.165) is 5.56 Å². The van der Waals surface area contributed by atoms with Gasteiger partial charge in [-0.15, -0.1) is 0 Å². The Hall–Kier alpha value is -4.66. The van der Waals surface area contributed by atoms with E-state index in [1.165, 1.54) is 12.0 Å². The Bertz CT molecular complexity index is 1370. The highest BCUT2D eigenvalue weighted by molar-refractivity contribution is 6.46. The van der Waals surface area contributed by atoms with Crippen molar-refractivity contribution < 1.29 is 33.7 Å². The van der Waals surface area contributed by atoms with Gasteiger partial charge < -0.3 is 24.2 Å². The zero-order chi connectivity index (χ0) is 25.2. The molecule has 0 spiro atoms. The second kappa shape index (κ2) is 9.53. The van der Waals surface area contributed by atoms with Crippen LogP contribution in [0.4, 0.5) is 0 Å². The number of pyridine rings is 1. The van der Waals surface area contributed by atoms with Gasteiger partial charge in [0.1, 0.15) is 19.0 Å². The number of rotatable bonds is 5. The molecule has 1 aromatic heterocycles. The first-order valence-corrected chi connectivity index (χ1v) is 11.2. The van der Waals surface area contributed by atoms with Gasteiger partial charge in [-0.25, -0.2) is 4.79 Å². The summed E-state index contributed by atoms with van der Waals surface area (Å²) in [5, 5.41) is 11.3. The van der Waals surface area contributed by atoms with Gasteiger partial charge in [-0.3, -0.25) is 14.6 Å². The number of aromatic nitrogens is 1. The Morgan fingerprint density at radius 2 is 1.78 bits per heavy atom. The van der Waals surface area contributed by atoms with E-state index in [-0.39, 0.29) is 17.9 Å². The molecule has 2 aliphatic rings. The number of likely N-dealkylation sites (tertiary alicyclic amines) is 1. The fourth-order valence-corrected chi connectivity index (χ4v) is 4.34. The largest absolute Gasteiger partial charge is 0.507 e. The van der Waals surface area contributed by atoms with Crippen molar-refractivity contribution in [2.45, 2.75) is 12.6 Å². The number of ketones is 1. The summed E-state index contributed by atoms with van der Waals surface area (Å²) in [6.07, 6.45) is 3.22. The molecule has 182 valence electrons. The topological polar surface area (TPSA) is 115 Å². The minimum absolute atomic E-state index is 0.0635. The molecule has 3 heterocycles. The standard InChI is InChI=1S/C27H22N2O7/c1-34-27(33)18-6-4-17(5-7-18)23-22(24(30)19-8-9-20-21(13-19)36-12-11-35-20)25(31)26(32)29(23)15-16-3-2-10-28-14-16/h2-10,13-14,23,30H,11-12,15H2,1H3/b24-22+/t23-/m1/s1. The maximum Gasteiger partial charge on any atom is 0.337 e. The average molecular weight is 486 g/mol. The van der Waals surface area contributed by atoms with Gasteiger partial charge in [-0.2, -0.15) is 0 Å². The molecule has 2 aromatic carbocycles. The third-order valence-electron chi connectivity index (χ3n) is 6.08. The van der Waals surface area contributed by atoms with E-state index in [4.69, 9.17) is 14.2 Å². The van der Waals surface area contributed by atoms with Crippen LogP contribution in [0.5, 0.6) is 11.5 Å². The van der Waals surface area contributed by atoms with Crippen LogP contribution in [0.25, 0.3) is 5.76 Å². The van der Waals surface area contributed by atoms with Gasteiger partial charge in [0.05, 0.1) is 24.3 Å². The smallest absolute Gasteiger partial charge is 0.337 e. The summed E-state index contributed by atoms with van der Waals surface area (Å²) in [6.45, 7) is 0.873. The summed E-state index contributed by atoms with van der Waals surface area (Å²) in [7, 11) is 1.28. The number of methoxy groups -OCH3 is 1. The van der Waals surface area contributed by atoms with E-state index in [0.29, 0.717) is 41.4 Å². The molecule has 0 unspecified atom stereocenters. The number of aliphatic hydroxyl groups excluding tert-OH is 1. The van der Waals surface area contributed by atoms with Crippen LogP contribution in [0, 0.1) is 0 Å². The van der Waals surface area contributed by atoms with Gasteiger partial charge >= 0.3 is 5.97 Å². The number of aliphatic hydroxyl groups is 1. The predicted octanol–water partition coefficient (Wildman–Crippen LogP) is 3.26. The second-order valence-corrected chi connectivity index (χ2v) is 8.26. The van der Waals surface area contributed by atoms with Crippen LogP contribution in [-0.4, -0.2) is 53.0 Å². The van der Waals surface area contributed by atoms with Crippen LogP contribution in [-0.2, 0) is 20.9 Å². The molecule has 1 atom stereocenters. The fraction of sp³-hybridized carbons (Fsp3) is 0.185. The van der Waals surface area contributed by atoms with Crippen molar-refractivity contribution in [3.8, 4) is 11.5 Å². The summed E-state index contributed by atoms with van der Waals surface area (Å²) in [5.41, 5.74) is 1.83. The fourth-order valence-electron chi connectivity index (χ4n) is 4.34. The maximum absolute atomic E-state index is 13.3. The van der Waals surface area contributed by atoms with Crippen molar-refractivity contribution in [3.05, 3.63) is 94.8 Å². The highest BCUT2D eigenvalue weighted by Crippen LogP contribution is 2.41. The van der Waals surface area contributed by atoms with Crippen molar-refractivity contribution >= 4 is 23.4 Å². The summed E-state index contributed by atoms with van der Waals surface area (Å²) in [4.78, 5) is 43.8. The Labute approximate surface area is 206 Å². The number of amides is 1. The summed E-state index contributed by atoms with van der Waals surface area (Å²) < 4.78 is 15.9. The number of nitrogens with zero attached hydrogens (tertiary/aromatic N) is 2. The zero-order valence-corrected chi connectivity index (χ0v) is 19.3. The second-order valence-electron chi connectivity index (χ2n) is 8.26. The zero-order valence-electron chi connectivity index (χ0n) is 19.3. The van der Waals surface area contributed by atoms with Crippen LogP contribution in [0.2, 0.25) is 0 Å². The van der Waals surface area contributed by atoms with Crippen LogP contribution in [0.3, 0.4) is 0 Å². The van der Waals surface area contributed by atoms with Gasteiger partial charge in [0, 0.05) is 24.5 Å². The van der Waals surface area contributed by atoms with E-state index in [1.807, 2.05) is 0 Å². The van der Waals surface area contributed by atoms with Crippen molar-refractivity contribution in [1.82, 2.24) is 9.88 Å². The van der Waals surface area contributed by atoms with Crippen molar-refractivity contribution in [1.29, 1.82) is 0 Å². The number of Topliss-reactive ketones (excluding diaryl/α,β-unsaturated/α-hetero) is 1. The van der Waals surface area contributed by atoms with Crippen LogP contribution in [0.15, 0.2) is 72.6 Å². The molecule has 0 radical (unpaired) electrons. The van der Waals surface area contributed by atoms with E-state index in [1.54, 1.807) is 67.0 Å². The van der Waals surface area contributed by atoms with Gasteiger partial charge in [-0.1, -0.05) is 18.2 Å². The third kappa shape index (κ3) is 4.15. The normalized spacial score (nSPS) is 18.2. The Kier molecular flexibility index (Phi) is 6.12. The van der Waals surface area contributed by atoms with E-state index in [2.05, 4.69) is 4.98 Å². The summed E-state index contributed by atoms with van der Waals surface area (Å²) >= 11 is 0. The Balaban J connectivity index is 1.62. The maximum atomic E-state index is 13.3. The summed E-state index contributed by atoms with van der Waals surface area (Å²) in [5.74, 6) is -1.43. The van der Waals surface area contributed by atoms with Gasteiger partial charge in [0.2, 0.25) is 0 Å². The SMILES string of the molecule is COC(=O)c1ccc([C@@H]2/C(=C(\O)c3ccc4c(c3)OCCO4)C(=O)C(=O)N2Cc2cccnc2)cc1. The molecule has 1 amide bonds. The molecular formula is C27H22N2O7. The highest BCUT2D eigenvalue weighted by atomic mass is 16.6. The molecule has 1 fully saturated rings. The molecule has 36 heavy (non-hydrogen) atoms. The number of carbonyl (C=O) groups is 3. The average Bonchev–Trinajstić information content (AvgIpc) is 3.17. The first kappa shape index (κ1) is 23.1. The van der Waals surface area contributed by atoms with Crippen LogP contribution >= 0.6 is 0 Å². The first-order chi connectivity index (χ1) is 17.5. The first-order valence-electron chi connectivity index (χ1n) is 11.2. The van der Waals surface area contributed by atoms with Crippen LogP contribution < -0.4 is 9.47 Å². The Morgan fingerprint density at radius 3 is 2.47 bits per heavy atom. The molecule has 0 saturated carbocycles. The lowest BCUT2D eigenvalue weighted by atomic mass is 9.94. The number of carbonyl (C=O) groups excluding carboxylic acids is 3. The van der Waals surface area contributed by atoms with Gasteiger partial charge in [0.15, 0.2) is 11.5 Å². The molecule has 9 nitrogen and oxygen atoms in total. The molecule has 2 aliphatic heterocycles. The van der Waals surface area contributed by atoms with E-state index >= 15 is 0 Å². The number of esters is 1. The number of benzene rings is 2. The Morgan fingerprint density at radius 1 is 1.06 bits per heavy atom. The lowest BCUT2D eigenvalue weighted by molar-refractivity contribution is -0.140. The lowest BCUT2D eigenvalue weighted by Gasteiger charge is -2.25. The predicted molar refractivity (Wildman–Crippen MR) is 127 cm³/mol. The summed E-state index contributed by atoms with van der Waals surface area (Å²) in [6, 6.07) is 13.8.